The molecule has 0 aliphatic rings. The molecule has 0 bridgehead atoms. The standard InChI is InChI=1S/C16H18N2O2S/c1-12-8-17-16(18-9-12)21-11-13(2)15(19)20-10-14-6-4-3-5-7-14/h3-9,13H,10-11H2,1-2H3. The van der Waals surface area contributed by atoms with E-state index in [1.165, 1.54) is 11.8 Å². The van der Waals surface area contributed by atoms with Gasteiger partial charge in [0.05, 0.1) is 5.92 Å². The van der Waals surface area contributed by atoms with Gasteiger partial charge >= 0.3 is 5.97 Å². The number of hydrogen-bond acceptors (Lipinski definition) is 5. The van der Waals surface area contributed by atoms with Gasteiger partial charge in [0.25, 0.3) is 0 Å². The number of carbonyl (C=O) groups is 1. The maximum absolute atomic E-state index is 11.9. The monoisotopic (exact) mass is 302 g/mol. The van der Waals surface area contributed by atoms with Crippen LogP contribution in [-0.2, 0) is 16.1 Å². The molecule has 0 fully saturated rings. The van der Waals surface area contributed by atoms with E-state index >= 15 is 0 Å². The summed E-state index contributed by atoms with van der Waals surface area (Å²) < 4.78 is 5.30. The van der Waals surface area contributed by atoms with Crippen LogP contribution in [0.15, 0.2) is 47.9 Å². The molecule has 1 atom stereocenters. The highest BCUT2D eigenvalue weighted by Crippen LogP contribution is 2.17. The molecule has 110 valence electrons. The molecule has 2 aromatic rings. The van der Waals surface area contributed by atoms with Crippen LogP contribution in [0.25, 0.3) is 0 Å². The van der Waals surface area contributed by atoms with E-state index < -0.39 is 0 Å². The fourth-order valence-electron chi connectivity index (χ4n) is 1.59. The second kappa shape index (κ2) is 7.78. The van der Waals surface area contributed by atoms with Crippen LogP contribution in [0.2, 0.25) is 0 Å². The Morgan fingerprint density at radius 1 is 1.24 bits per heavy atom. The third kappa shape index (κ3) is 5.19. The average Bonchev–Trinajstić information content (AvgIpc) is 2.52. The number of rotatable bonds is 6. The molecule has 4 nitrogen and oxygen atoms in total. The van der Waals surface area contributed by atoms with Gasteiger partial charge in [-0.2, -0.15) is 0 Å². The van der Waals surface area contributed by atoms with Crippen molar-refractivity contribution < 1.29 is 9.53 Å². The number of nitrogens with zero attached hydrogens (tertiary/aromatic N) is 2. The molecule has 1 aromatic carbocycles. The Labute approximate surface area is 129 Å². The molecule has 0 aliphatic carbocycles. The minimum Gasteiger partial charge on any atom is -0.461 e. The first-order chi connectivity index (χ1) is 10.1. The third-order valence-electron chi connectivity index (χ3n) is 2.85. The normalized spacial score (nSPS) is 11.9. The highest BCUT2D eigenvalue weighted by molar-refractivity contribution is 7.99. The topological polar surface area (TPSA) is 52.1 Å². The molecule has 0 saturated heterocycles. The number of benzene rings is 1. The number of hydrogen-bond donors (Lipinski definition) is 0. The first kappa shape index (κ1) is 15.5. The smallest absolute Gasteiger partial charge is 0.309 e. The number of ether oxygens (including phenoxy) is 1. The van der Waals surface area contributed by atoms with Crippen LogP contribution in [0.4, 0.5) is 0 Å². The fraction of sp³-hybridized carbons (Fsp3) is 0.312. The van der Waals surface area contributed by atoms with Crippen molar-refractivity contribution in [1.82, 2.24) is 9.97 Å². The quantitative estimate of drug-likeness (QED) is 0.466. The molecule has 1 heterocycles. The highest BCUT2D eigenvalue weighted by Gasteiger charge is 2.15. The van der Waals surface area contributed by atoms with Crippen molar-refractivity contribution in [3.05, 3.63) is 53.9 Å². The van der Waals surface area contributed by atoms with E-state index in [4.69, 9.17) is 4.74 Å². The summed E-state index contributed by atoms with van der Waals surface area (Å²) in [6.07, 6.45) is 3.54. The van der Waals surface area contributed by atoms with Crippen molar-refractivity contribution in [1.29, 1.82) is 0 Å². The van der Waals surface area contributed by atoms with Crippen molar-refractivity contribution in [2.45, 2.75) is 25.6 Å². The Bertz CT molecular complexity index is 573. The van der Waals surface area contributed by atoms with E-state index in [1.54, 1.807) is 12.4 Å². The number of thioether (sulfide) groups is 1. The molecule has 1 unspecified atom stereocenters. The van der Waals surface area contributed by atoms with Gasteiger partial charge in [-0.15, -0.1) is 0 Å². The number of carbonyl (C=O) groups excluding carboxylic acids is 1. The fourth-order valence-corrected chi connectivity index (χ4v) is 2.38. The van der Waals surface area contributed by atoms with Crippen molar-refractivity contribution >= 4 is 17.7 Å². The predicted molar refractivity (Wildman–Crippen MR) is 82.9 cm³/mol. The molecule has 2 rings (SSSR count). The lowest BCUT2D eigenvalue weighted by atomic mass is 10.2. The number of aryl methyl sites for hydroxylation is 1. The Kier molecular flexibility index (Phi) is 5.75. The molecule has 0 aliphatic heterocycles. The molecular weight excluding hydrogens is 284 g/mol. The molecule has 21 heavy (non-hydrogen) atoms. The molecular formula is C16H18N2O2S. The first-order valence-electron chi connectivity index (χ1n) is 6.77. The van der Waals surface area contributed by atoms with Gasteiger partial charge in [-0.1, -0.05) is 49.0 Å². The van der Waals surface area contributed by atoms with Gasteiger partial charge in [-0.3, -0.25) is 4.79 Å². The Morgan fingerprint density at radius 2 is 1.90 bits per heavy atom. The summed E-state index contributed by atoms with van der Waals surface area (Å²) in [6, 6.07) is 9.67. The number of esters is 1. The van der Waals surface area contributed by atoms with Crippen molar-refractivity contribution in [3.8, 4) is 0 Å². The molecule has 0 amide bonds. The second-order valence-electron chi connectivity index (χ2n) is 4.85. The van der Waals surface area contributed by atoms with Gasteiger partial charge < -0.3 is 4.74 Å². The lowest BCUT2D eigenvalue weighted by Crippen LogP contribution is -2.17. The lowest BCUT2D eigenvalue weighted by molar-refractivity contribution is -0.148. The van der Waals surface area contributed by atoms with Crippen molar-refractivity contribution in [3.63, 3.8) is 0 Å². The number of aromatic nitrogens is 2. The van der Waals surface area contributed by atoms with E-state index in [0.717, 1.165) is 11.1 Å². The van der Waals surface area contributed by atoms with Gasteiger partial charge in [-0.05, 0) is 18.1 Å². The van der Waals surface area contributed by atoms with Crippen LogP contribution in [-0.4, -0.2) is 21.7 Å². The first-order valence-corrected chi connectivity index (χ1v) is 7.75. The van der Waals surface area contributed by atoms with Gasteiger partial charge in [-0.25, -0.2) is 9.97 Å². The maximum atomic E-state index is 11.9. The zero-order valence-electron chi connectivity index (χ0n) is 12.2. The van der Waals surface area contributed by atoms with E-state index in [0.29, 0.717) is 17.5 Å². The third-order valence-corrected chi connectivity index (χ3v) is 3.98. The van der Waals surface area contributed by atoms with Crippen molar-refractivity contribution in [2.75, 3.05) is 5.75 Å². The van der Waals surface area contributed by atoms with Gasteiger partial charge in [0.1, 0.15) is 6.61 Å². The minimum absolute atomic E-state index is 0.191. The van der Waals surface area contributed by atoms with Gasteiger partial charge in [0, 0.05) is 18.1 Å². The van der Waals surface area contributed by atoms with Crippen molar-refractivity contribution in [2.24, 2.45) is 5.92 Å². The molecule has 0 spiro atoms. The van der Waals surface area contributed by atoms with E-state index in [-0.39, 0.29) is 11.9 Å². The zero-order valence-corrected chi connectivity index (χ0v) is 13.0. The maximum Gasteiger partial charge on any atom is 0.309 e. The van der Waals surface area contributed by atoms with Gasteiger partial charge in [0.15, 0.2) is 5.16 Å². The Balaban J connectivity index is 1.76. The summed E-state index contributed by atoms with van der Waals surface area (Å²) in [7, 11) is 0. The zero-order chi connectivity index (χ0) is 15.1. The predicted octanol–water partition coefficient (Wildman–Crippen LogP) is 3.26. The second-order valence-corrected chi connectivity index (χ2v) is 5.84. The Hall–Kier alpha value is -1.88. The van der Waals surface area contributed by atoms with Crippen LogP contribution in [0.3, 0.4) is 0 Å². The SMILES string of the molecule is Cc1cnc(SCC(C)C(=O)OCc2ccccc2)nc1. The summed E-state index contributed by atoms with van der Waals surface area (Å²) in [6.45, 7) is 4.11. The summed E-state index contributed by atoms with van der Waals surface area (Å²) in [5, 5.41) is 0.684. The van der Waals surface area contributed by atoms with Crippen LogP contribution in [0.5, 0.6) is 0 Å². The van der Waals surface area contributed by atoms with E-state index in [9.17, 15) is 4.79 Å². The van der Waals surface area contributed by atoms with Crippen LogP contribution in [0.1, 0.15) is 18.1 Å². The summed E-state index contributed by atoms with van der Waals surface area (Å²) in [5.74, 6) is 0.221. The molecule has 0 saturated carbocycles. The largest absolute Gasteiger partial charge is 0.461 e. The molecule has 1 aromatic heterocycles. The summed E-state index contributed by atoms with van der Waals surface area (Å²) >= 11 is 1.46. The molecule has 0 N–H and O–H groups in total. The van der Waals surface area contributed by atoms with Gasteiger partial charge in [0.2, 0.25) is 0 Å². The highest BCUT2D eigenvalue weighted by atomic mass is 32.2. The van der Waals surface area contributed by atoms with Crippen LogP contribution < -0.4 is 0 Å². The summed E-state index contributed by atoms with van der Waals surface area (Å²) in [4.78, 5) is 20.3. The average molecular weight is 302 g/mol. The summed E-state index contributed by atoms with van der Waals surface area (Å²) in [5.41, 5.74) is 2.02. The van der Waals surface area contributed by atoms with Crippen LogP contribution >= 0.6 is 11.8 Å². The Morgan fingerprint density at radius 3 is 2.57 bits per heavy atom. The van der Waals surface area contributed by atoms with E-state index in [2.05, 4.69) is 9.97 Å². The van der Waals surface area contributed by atoms with Crippen LogP contribution in [0, 0.1) is 12.8 Å². The molecule has 0 radical (unpaired) electrons. The van der Waals surface area contributed by atoms with E-state index in [1.807, 2.05) is 44.2 Å². The minimum atomic E-state index is -0.196. The molecule has 5 heteroatoms. The lowest BCUT2D eigenvalue weighted by Gasteiger charge is -2.10.